The van der Waals surface area contributed by atoms with Crippen molar-refractivity contribution in [3.63, 3.8) is 0 Å². The van der Waals surface area contributed by atoms with Gasteiger partial charge in [-0.2, -0.15) is 13.0 Å². The van der Waals surface area contributed by atoms with Crippen LogP contribution in [-0.2, 0) is 31.6 Å². The first-order valence-corrected chi connectivity index (χ1v) is 12.7. The molecule has 2 heterocycles. The zero-order valence-electron chi connectivity index (χ0n) is 15.4. The molecule has 0 radical (unpaired) electrons. The highest BCUT2D eigenvalue weighted by Crippen LogP contribution is 2.66. The summed E-state index contributed by atoms with van der Waals surface area (Å²) in [5.41, 5.74) is 4.76. The van der Waals surface area contributed by atoms with E-state index in [9.17, 15) is 38.0 Å². The molecule has 0 aromatic carbocycles. The van der Waals surface area contributed by atoms with Gasteiger partial charge in [-0.1, -0.05) is 5.11 Å². The van der Waals surface area contributed by atoms with E-state index in [4.69, 9.17) is 37.2 Å². The molecule has 7 N–H and O–H groups in total. The first-order valence-electron chi connectivity index (χ1n) is 7.81. The number of phosphoric ester groups is 1. The highest BCUT2D eigenvalue weighted by molar-refractivity contribution is 7.71. The second-order valence-corrected chi connectivity index (χ2v) is 10.8. The largest absolute Gasteiger partial charge is 0.490 e. The topological polar surface area (TPSA) is 296 Å². The number of azide groups is 1. The maximum atomic E-state index is 13.6. The monoisotopic (exact) mass is 559 g/mol. The number of aliphatic hydroxyl groups is 2. The van der Waals surface area contributed by atoms with E-state index in [2.05, 4.69) is 23.2 Å². The van der Waals surface area contributed by atoms with Gasteiger partial charge in [-0.3, -0.25) is 18.9 Å². The van der Waals surface area contributed by atoms with Crippen LogP contribution in [0.15, 0.2) is 16.1 Å². The first kappa shape index (κ1) is 27.9. The Morgan fingerprint density at radius 2 is 1.88 bits per heavy atom. The lowest BCUT2D eigenvalue weighted by atomic mass is 10.1. The fourth-order valence-corrected chi connectivity index (χ4v) is 5.72. The second-order valence-electron chi connectivity index (χ2n) is 5.99. The highest BCUT2D eigenvalue weighted by atomic mass is 32.1. The molecule has 1 aliphatic heterocycles. The number of aromatic nitrogens is 2. The number of aliphatic hydroxyl groups excluding tert-OH is 2. The van der Waals surface area contributed by atoms with Crippen LogP contribution in [0, 0.1) is 10.6 Å². The summed E-state index contributed by atoms with van der Waals surface area (Å²) in [5.74, 6) is -1.40. The van der Waals surface area contributed by atoms with Crippen LogP contribution in [0.4, 0.5) is 4.39 Å². The summed E-state index contributed by atoms with van der Waals surface area (Å²) in [7, 11) is -17.3. The maximum absolute atomic E-state index is 13.6. The zero-order chi connectivity index (χ0) is 25.4. The molecule has 0 bridgehead atoms. The van der Waals surface area contributed by atoms with Gasteiger partial charge in [0.1, 0.15) is 12.2 Å². The summed E-state index contributed by atoms with van der Waals surface area (Å²) in [4.78, 5) is 51.1. The van der Waals surface area contributed by atoms with Gasteiger partial charge in [0.2, 0.25) is 11.5 Å². The minimum atomic E-state index is -5.89. The van der Waals surface area contributed by atoms with Crippen LogP contribution in [0.5, 0.6) is 0 Å². The molecule has 0 spiro atoms. The maximum Gasteiger partial charge on any atom is 0.490 e. The molecule has 24 heteroatoms. The molecule has 1 fully saturated rings. The van der Waals surface area contributed by atoms with E-state index in [1.54, 1.807) is 0 Å². The Labute approximate surface area is 185 Å². The predicted molar refractivity (Wildman–Crippen MR) is 99.7 cm³/mol. The van der Waals surface area contributed by atoms with Crippen LogP contribution in [0.25, 0.3) is 10.4 Å². The summed E-state index contributed by atoms with van der Waals surface area (Å²) < 4.78 is 64.1. The number of nitrogens with one attached hydrogen (secondary N) is 1. The number of nitrogens with zero attached hydrogens (tertiary/aromatic N) is 4. The number of ether oxygens (including phenoxy) is 1. The first-order chi connectivity index (χ1) is 14.9. The number of phosphoric acid groups is 3. The summed E-state index contributed by atoms with van der Waals surface area (Å²) in [5, 5.41) is 23.6. The summed E-state index contributed by atoms with van der Waals surface area (Å²) in [6.45, 7) is -1.49. The lowest BCUT2D eigenvalue weighted by molar-refractivity contribution is -0.122. The zero-order valence-corrected chi connectivity index (χ0v) is 18.9. The van der Waals surface area contributed by atoms with Gasteiger partial charge in [0.25, 0.3) is 5.56 Å². The Bertz CT molecular complexity index is 1230. The SMILES string of the molecule is [N-]=[N+]=NC1(COP(=O)(O)OP(=O)(O)OP(=O)(O)O)O[C@@H](n2cc(F)c(=O)[nH]c2=S)[C@@H](O)[C@H]1O. The molecule has 0 amide bonds. The number of hydrogen-bond donors (Lipinski definition) is 7. The Morgan fingerprint density at radius 3 is 2.42 bits per heavy atom. The average Bonchev–Trinajstić information content (AvgIpc) is 2.86. The molecule has 1 aromatic rings. The van der Waals surface area contributed by atoms with Crippen molar-refractivity contribution >= 4 is 35.7 Å². The van der Waals surface area contributed by atoms with Gasteiger partial charge in [-0.15, -0.1) is 0 Å². The van der Waals surface area contributed by atoms with Crippen molar-refractivity contribution in [2.45, 2.75) is 24.2 Å². The van der Waals surface area contributed by atoms with E-state index in [0.29, 0.717) is 10.8 Å². The molecule has 1 aliphatic rings. The fourth-order valence-electron chi connectivity index (χ4n) is 2.43. The molecule has 19 nitrogen and oxygen atoms in total. The van der Waals surface area contributed by atoms with Crippen molar-refractivity contribution in [2.75, 3.05) is 6.61 Å². The molecule has 1 saturated heterocycles. The third kappa shape index (κ3) is 6.83. The van der Waals surface area contributed by atoms with E-state index in [0.717, 1.165) is 0 Å². The summed E-state index contributed by atoms with van der Waals surface area (Å²) >= 11 is 4.79. The van der Waals surface area contributed by atoms with Crippen LogP contribution in [-0.4, -0.2) is 63.9 Å². The molecule has 3 unspecified atom stereocenters. The van der Waals surface area contributed by atoms with Crippen LogP contribution < -0.4 is 5.56 Å². The molecule has 33 heavy (non-hydrogen) atoms. The Hall–Kier alpha value is -1.37. The van der Waals surface area contributed by atoms with Crippen LogP contribution >= 0.6 is 35.7 Å². The van der Waals surface area contributed by atoms with Crippen LogP contribution in [0.1, 0.15) is 6.23 Å². The van der Waals surface area contributed by atoms with Crippen molar-refractivity contribution in [2.24, 2.45) is 5.11 Å². The number of rotatable bonds is 9. The van der Waals surface area contributed by atoms with Crippen molar-refractivity contribution in [3.05, 3.63) is 37.6 Å². The summed E-state index contributed by atoms with van der Waals surface area (Å²) in [6, 6.07) is 0. The van der Waals surface area contributed by atoms with Gasteiger partial charge in [0, 0.05) is 4.91 Å². The standard InChI is InChI=1S/C9H13FN5O14P3S/c10-3-1-15(8(33)12-6(3)18)7-4(16)5(17)9(27-7,13-14-11)2-26-31(22,23)29-32(24,25)28-30(19,20)21/h1,4-5,7,16-17H,2H2,(H,22,23)(H,24,25)(H,12,18,33)(H2,19,20,21)/t4-,5+,7+,9?/m0/s1. The quantitative estimate of drug-likeness (QED) is 0.0668. The van der Waals surface area contributed by atoms with Gasteiger partial charge >= 0.3 is 23.5 Å². The fraction of sp³-hybridized carbons (Fsp3) is 0.556. The molecule has 6 atom stereocenters. The normalized spacial score (nSPS) is 29.1. The van der Waals surface area contributed by atoms with E-state index in [-0.39, 0.29) is 0 Å². The van der Waals surface area contributed by atoms with Crippen molar-refractivity contribution in [1.82, 2.24) is 9.55 Å². The molecule has 186 valence electrons. The average molecular weight is 559 g/mol. The van der Waals surface area contributed by atoms with Crippen molar-refractivity contribution in [1.29, 1.82) is 0 Å². The molecule has 2 rings (SSSR count). The van der Waals surface area contributed by atoms with Gasteiger partial charge in [0.05, 0.1) is 12.8 Å². The van der Waals surface area contributed by atoms with Crippen molar-refractivity contribution in [3.8, 4) is 0 Å². The lowest BCUT2D eigenvalue weighted by Gasteiger charge is -2.27. The van der Waals surface area contributed by atoms with E-state index in [1.807, 2.05) is 4.98 Å². The number of hydrogen-bond acceptors (Lipinski definition) is 12. The van der Waals surface area contributed by atoms with Crippen LogP contribution in [0.2, 0.25) is 0 Å². The smallest absolute Gasteiger partial charge is 0.387 e. The molecular weight excluding hydrogens is 546 g/mol. The molecule has 1 aromatic heterocycles. The minimum Gasteiger partial charge on any atom is -0.387 e. The highest BCUT2D eigenvalue weighted by Gasteiger charge is 2.56. The predicted octanol–water partition coefficient (Wildman–Crippen LogP) is -0.355. The van der Waals surface area contributed by atoms with Gasteiger partial charge in [-0.05, 0) is 17.7 Å². The minimum absolute atomic E-state index is 0.469. The number of halogens is 1. The molecular formula is C9H13FN5O14P3S. The number of aromatic amines is 1. The Kier molecular flexibility index (Phi) is 8.20. The summed E-state index contributed by atoms with van der Waals surface area (Å²) in [6.07, 6.45) is -5.76. The van der Waals surface area contributed by atoms with E-state index in [1.165, 1.54) is 0 Å². The van der Waals surface area contributed by atoms with Crippen molar-refractivity contribution < 1.29 is 65.8 Å². The van der Waals surface area contributed by atoms with Crippen LogP contribution in [0.3, 0.4) is 0 Å². The van der Waals surface area contributed by atoms with Gasteiger partial charge in [0.15, 0.2) is 11.0 Å². The Morgan fingerprint density at radius 1 is 1.27 bits per heavy atom. The Balaban J connectivity index is 2.32. The second kappa shape index (κ2) is 9.71. The third-order valence-corrected chi connectivity index (χ3v) is 7.76. The molecule has 0 aliphatic carbocycles. The van der Waals surface area contributed by atoms with E-state index >= 15 is 0 Å². The van der Waals surface area contributed by atoms with E-state index < -0.39 is 70.4 Å². The van der Waals surface area contributed by atoms with Gasteiger partial charge in [-0.25, -0.2) is 13.7 Å². The molecule has 0 saturated carbocycles. The lowest BCUT2D eigenvalue weighted by Crippen LogP contribution is -2.44. The third-order valence-electron chi connectivity index (χ3n) is 3.67. The number of H-pyrrole nitrogens is 1. The van der Waals surface area contributed by atoms with Gasteiger partial charge < -0.3 is 34.5 Å².